The minimum atomic E-state index is 1.34. The topological polar surface area (TPSA) is 3.24 Å². The third kappa shape index (κ3) is 3.13. The van der Waals surface area contributed by atoms with Gasteiger partial charge < -0.3 is 4.90 Å². The zero-order valence-electron chi connectivity index (χ0n) is 23.6. The van der Waals surface area contributed by atoms with Crippen LogP contribution in [0.15, 0.2) is 0 Å². The van der Waals surface area contributed by atoms with Crippen LogP contribution in [0.3, 0.4) is 0 Å². The van der Waals surface area contributed by atoms with E-state index in [1.54, 1.807) is 0 Å². The van der Waals surface area contributed by atoms with Crippen LogP contribution in [-0.2, 0) is 0 Å². The third-order valence-corrected chi connectivity index (χ3v) is 9.45. The normalized spacial score (nSPS) is 12.7. The molecule has 1 aliphatic heterocycles. The zero-order valence-corrected chi connectivity index (χ0v) is 23.6. The average Bonchev–Trinajstić information content (AvgIpc) is 2.99. The molecule has 3 aromatic rings. The van der Waals surface area contributed by atoms with E-state index in [1.807, 2.05) is 0 Å². The number of nitrogens with zero attached hydrogens (tertiary/aromatic N) is 1. The Labute approximate surface area is 207 Å². The summed E-state index contributed by atoms with van der Waals surface area (Å²) in [5.41, 5.74) is 24.8. The van der Waals surface area contributed by atoms with Gasteiger partial charge in [-0.2, -0.15) is 0 Å². The van der Waals surface area contributed by atoms with Crippen molar-refractivity contribution in [2.45, 2.75) is 90.0 Å². The van der Waals surface area contributed by atoms with Gasteiger partial charge in [-0.1, -0.05) is 12.2 Å². The molecule has 0 saturated heterocycles. The van der Waals surface area contributed by atoms with E-state index in [0.717, 1.165) is 0 Å². The van der Waals surface area contributed by atoms with Crippen molar-refractivity contribution in [2.75, 3.05) is 4.90 Å². The number of rotatable bonds is 1. The molecule has 1 heterocycles. The SMILES string of the molecule is Cc1c(C)c(C)c(N2c3c(C)c(C)c(C)c(C)c3C=Cc3c(C)c(C)c(C)c(C)c32)c(C)c1C. The molecule has 178 valence electrons. The Morgan fingerprint density at radius 2 is 0.529 bits per heavy atom. The van der Waals surface area contributed by atoms with E-state index in [9.17, 15) is 0 Å². The maximum atomic E-state index is 2.64. The van der Waals surface area contributed by atoms with E-state index in [-0.39, 0.29) is 0 Å². The van der Waals surface area contributed by atoms with Crippen molar-refractivity contribution in [1.82, 2.24) is 0 Å². The van der Waals surface area contributed by atoms with Gasteiger partial charge >= 0.3 is 0 Å². The molecule has 0 atom stereocenters. The second-order valence-corrected chi connectivity index (χ2v) is 10.7. The predicted molar refractivity (Wildman–Crippen MR) is 152 cm³/mol. The van der Waals surface area contributed by atoms with Gasteiger partial charge in [0.1, 0.15) is 0 Å². The molecule has 1 nitrogen and oxygen atoms in total. The average molecular weight is 452 g/mol. The number of fused-ring (bicyclic) bond motifs is 2. The van der Waals surface area contributed by atoms with Gasteiger partial charge in [-0.3, -0.25) is 0 Å². The van der Waals surface area contributed by atoms with Gasteiger partial charge in [0.25, 0.3) is 0 Å². The van der Waals surface area contributed by atoms with Crippen LogP contribution in [0.5, 0.6) is 0 Å². The second kappa shape index (κ2) is 8.15. The smallest absolute Gasteiger partial charge is 0.0569 e. The minimum Gasteiger partial charge on any atom is -0.308 e. The van der Waals surface area contributed by atoms with Crippen LogP contribution < -0.4 is 4.90 Å². The maximum absolute atomic E-state index is 2.64. The predicted octanol–water partition coefficient (Wildman–Crippen LogP) is 9.65. The fourth-order valence-electron chi connectivity index (χ4n) is 5.95. The van der Waals surface area contributed by atoms with E-state index in [2.05, 4.69) is 107 Å². The Kier molecular flexibility index (Phi) is 5.83. The molecule has 1 heteroatoms. The summed E-state index contributed by atoms with van der Waals surface area (Å²) in [5, 5.41) is 0. The van der Waals surface area contributed by atoms with Crippen molar-refractivity contribution in [3.8, 4) is 0 Å². The van der Waals surface area contributed by atoms with Gasteiger partial charge in [-0.05, 0) is 162 Å². The molecule has 0 unspecified atom stereocenters. The fraction of sp³-hybridized carbons (Fsp3) is 0.394. The molecule has 0 aliphatic carbocycles. The molecule has 1 aliphatic rings. The summed E-state index contributed by atoms with van der Waals surface area (Å²) in [4.78, 5) is 2.64. The van der Waals surface area contributed by atoms with Gasteiger partial charge in [0.15, 0.2) is 0 Å². The molecule has 4 rings (SSSR count). The van der Waals surface area contributed by atoms with E-state index < -0.39 is 0 Å². The first kappa shape index (κ1) is 24.3. The van der Waals surface area contributed by atoms with E-state index >= 15 is 0 Å². The Hall–Kier alpha value is -2.80. The van der Waals surface area contributed by atoms with Crippen molar-refractivity contribution in [3.63, 3.8) is 0 Å². The molecule has 0 aromatic heterocycles. The van der Waals surface area contributed by atoms with Crippen molar-refractivity contribution < 1.29 is 0 Å². The molecule has 0 spiro atoms. The van der Waals surface area contributed by atoms with Crippen LogP contribution in [0.4, 0.5) is 17.1 Å². The van der Waals surface area contributed by atoms with E-state index in [0.29, 0.717) is 0 Å². The van der Waals surface area contributed by atoms with Gasteiger partial charge in [0.2, 0.25) is 0 Å². The molecule has 0 amide bonds. The lowest BCUT2D eigenvalue weighted by Gasteiger charge is -2.36. The zero-order chi connectivity index (χ0) is 25.4. The molecule has 34 heavy (non-hydrogen) atoms. The van der Waals surface area contributed by atoms with Crippen LogP contribution in [0.2, 0.25) is 0 Å². The lowest BCUT2D eigenvalue weighted by atomic mass is 9.87. The summed E-state index contributed by atoms with van der Waals surface area (Å²) < 4.78 is 0. The highest BCUT2D eigenvalue weighted by Gasteiger charge is 2.31. The summed E-state index contributed by atoms with van der Waals surface area (Å²) in [5.74, 6) is 0. The molecular weight excluding hydrogens is 410 g/mol. The first-order valence-corrected chi connectivity index (χ1v) is 12.6. The summed E-state index contributed by atoms with van der Waals surface area (Å²) in [7, 11) is 0. The van der Waals surface area contributed by atoms with Crippen molar-refractivity contribution >= 4 is 29.2 Å². The standard InChI is InChI=1S/C33H41N/c1-16-19(4)25(10)31(26(11)20(16)5)34-32-27(12)21(6)17(2)23(8)29(32)14-15-30-24(9)18(3)22(7)28(13)33(30)34/h14-15H,1-13H3. The first-order valence-electron chi connectivity index (χ1n) is 12.6. The van der Waals surface area contributed by atoms with Crippen LogP contribution in [0, 0.1) is 90.0 Å². The number of benzene rings is 3. The van der Waals surface area contributed by atoms with Gasteiger partial charge in [-0.25, -0.2) is 0 Å². The van der Waals surface area contributed by atoms with Crippen molar-refractivity contribution in [1.29, 1.82) is 0 Å². The van der Waals surface area contributed by atoms with Crippen LogP contribution in [-0.4, -0.2) is 0 Å². The van der Waals surface area contributed by atoms with Crippen molar-refractivity contribution in [2.24, 2.45) is 0 Å². The van der Waals surface area contributed by atoms with Gasteiger partial charge in [-0.15, -0.1) is 0 Å². The highest BCUT2D eigenvalue weighted by Crippen LogP contribution is 2.51. The summed E-state index contributed by atoms with van der Waals surface area (Å²) >= 11 is 0. The molecule has 3 aromatic carbocycles. The Bertz CT molecular complexity index is 1310. The lowest BCUT2D eigenvalue weighted by Crippen LogP contribution is -2.20. The molecular formula is C33H41N. The highest BCUT2D eigenvalue weighted by atomic mass is 15.2. The monoisotopic (exact) mass is 451 g/mol. The first-order chi connectivity index (χ1) is 15.8. The Morgan fingerprint density at radius 1 is 0.294 bits per heavy atom. The maximum Gasteiger partial charge on any atom is 0.0569 e. The largest absolute Gasteiger partial charge is 0.308 e. The summed E-state index contributed by atoms with van der Waals surface area (Å²) in [6.45, 7) is 29.8. The lowest BCUT2D eigenvalue weighted by molar-refractivity contribution is 1.09. The minimum absolute atomic E-state index is 1.34. The molecule has 0 radical (unpaired) electrons. The highest BCUT2D eigenvalue weighted by molar-refractivity contribution is 5.99. The quantitative estimate of drug-likeness (QED) is 0.278. The van der Waals surface area contributed by atoms with Crippen LogP contribution in [0.25, 0.3) is 12.2 Å². The van der Waals surface area contributed by atoms with E-state index in [4.69, 9.17) is 0 Å². The van der Waals surface area contributed by atoms with Crippen molar-refractivity contribution in [3.05, 3.63) is 83.5 Å². The number of hydrogen-bond acceptors (Lipinski definition) is 1. The van der Waals surface area contributed by atoms with Gasteiger partial charge in [0, 0.05) is 11.1 Å². The Morgan fingerprint density at radius 3 is 0.853 bits per heavy atom. The fourth-order valence-corrected chi connectivity index (χ4v) is 5.95. The summed E-state index contributed by atoms with van der Waals surface area (Å²) in [6.07, 6.45) is 4.76. The number of hydrogen-bond donors (Lipinski definition) is 0. The van der Waals surface area contributed by atoms with Crippen LogP contribution in [0.1, 0.15) is 83.5 Å². The van der Waals surface area contributed by atoms with E-state index in [1.165, 1.54) is 101 Å². The second-order valence-electron chi connectivity index (χ2n) is 10.7. The van der Waals surface area contributed by atoms with Crippen LogP contribution >= 0.6 is 0 Å². The summed E-state index contributed by atoms with van der Waals surface area (Å²) in [6, 6.07) is 0. The van der Waals surface area contributed by atoms with Gasteiger partial charge in [0.05, 0.1) is 17.1 Å². The molecule has 0 saturated carbocycles. The molecule has 0 fully saturated rings. The molecule has 0 bridgehead atoms. The number of anilines is 3. The molecule has 0 N–H and O–H groups in total. The Balaban J connectivity index is 2.33. The third-order valence-electron chi connectivity index (χ3n) is 9.45.